The molecule has 1 aliphatic carbocycles. The van der Waals surface area contributed by atoms with Crippen LogP contribution in [0.1, 0.15) is 58.3 Å². The zero-order valence-electron chi connectivity index (χ0n) is 14.7. The van der Waals surface area contributed by atoms with Crippen LogP contribution >= 0.6 is 0 Å². The number of rotatable bonds is 1. The molecule has 1 N–H and O–H groups in total. The first kappa shape index (κ1) is 15.4. The summed E-state index contributed by atoms with van der Waals surface area (Å²) in [6, 6.07) is 4.14. The molecule has 5 fully saturated rings. The molecule has 0 aromatic carbocycles. The van der Waals surface area contributed by atoms with Crippen LogP contribution in [0.3, 0.4) is 0 Å². The number of nitrogens with one attached hydrogen (secondary N) is 1. The Kier molecular flexibility index (Phi) is 3.25. The van der Waals surface area contributed by atoms with Gasteiger partial charge in [0, 0.05) is 24.2 Å². The highest BCUT2D eigenvalue weighted by Gasteiger charge is 2.69. The Labute approximate surface area is 142 Å². The van der Waals surface area contributed by atoms with Gasteiger partial charge in [-0.25, -0.2) is 9.78 Å². The van der Waals surface area contributed by atoms with Crippen molar-refractivity contribution in [2.24, 2.45) is 23.7 Å². The van der Waals surface area contributed by atoms with Crippen LogP contribution in [0.2, 0.25) is 0 Å². The predicted molar refractivity (Wildman–Crippen MR) is 86.6 cm³/mol. The lowest BCUT2D eigenvalue weighted by Crippen LogP contribution is -2.69. The molecular weight excluding hydrogens is 306 g/mol. The first-order chi connectivity index (χ1) is 11.5. The van der Waals surface area contributed by atoms with E-state index in [1.54, 1.807) is 0 Å². The Bertz CT molecular complexity index is 619. The number of aromatic amines is 1. The second kappa shape index (κ2) is 5.07. The molecule has 5 nitrogen and oxygen atoms in total. The number of hydrogen-bond acceptors (Lipinski definition) is 4. The highest BCUT2D eigenvalue weighted by molar-refractivity contribution is 5.15. The van der Waals surface area contributed by atoms with E-state index >= 15 is 0 Å². The van der Waals surface area contributed by atoms with Gasteiger partial charge in [0.1, 0.15) is 6.10 Å². The third kappa shape index (κ3) is 1.90. The minimum absolute atomic E-state index is 0.0150. The molecule has 5 aliphatic rings. The van der Waals surface area contributed by atoms with Crippen molar-refractivity contribution in [3.8, 4) is 0 Å². The van der Waals surface area contributed by atoms with Gasteiger partial charge in [-0.3, -0.25) is 0 Å². The van der Waals surface area contributed by atoms with Crippen LogP contribution in [0.25, 0.3) is 0 Å². The molecule has 1 aromatic heterocycles. The highest BCUT2D eigenvalue weighted by atomic mass is 17.3. The monoisotopic (exact) mass is 333 g/mol. The maximum absolute atomic E-state index is 6.54. The summed E-state index contributed by atoms with van der Waals surface area (Å²) in [4.78, 5) is 15.3. The zero-order valence-corrected chi connectivity index (χ0v) is 14.7. The lowest BCUT2D eigenvalue weighted by molar-refractivity contribution is -0.571. The number of ether oxygens (including phenoxy) is 2. The van der Waals surface area contributed by atoms with Gasteiger partial charge < -0.3 is 14.5 Å². The second-order valence-electron chi connectivity index (χ2n) is 8.45. The number of fused-ring (bicyclic) bond motifs is 2. The maximum atomic E-state index is 6.54. The van der Waals surface area contributed by atoms with Gasteiger partial charge in [-0.05, 0) is 56.1 Å². The van der Waals surface area contributed by atoms with E-state index < -0.39 is 11.4 Å². The van der Waals surface area contributed by atoms with Crippen LogP contribution in [0.5, 0.6) is 0 Å². The van der Waals surface area contributed by atoms with E-state index in [0.29, 0.717) is 23.7 Å². The summed E-state index contributed by atoms with van der Waals surface area (Å²) in [5.41, 5.74) is 0.665. The molecule has 24 heavy (non-hydrogen) atoms. The van der Waals surface area contributed by atoms with Gasteiger partial charge in [0.15, 0.2) is 11.9 Å². The topological polar surface area (TPSA) is 52.7 Å². The minimum atomic E-state index is -0.696. The average molecular weight is 333 g/mol. The van der Waals surface area contributed by atoms with Crippen LogP contribution in [0.15, 0.2) is 18.3 Å². The molecule has 4 aliphatic heterocycles. The summed E-state index contributed by atoms with van der Waals surface area (Å²) >= 11 is 0. The number of hydrogen-bond donors (Lipinski definition) is 1. The normalized spacial score (nSPS) is 53.5. The van der Waals surface area contributed by atoms with Gasteiger partial charge in [0.25, 0.3) is 0 Å². The first-order valence-electron chi connectivity index (χ1n) is 9.37. The molecule has 4 saturated heterocycles. The van der Waals surface area contributed by atoms with Crippen LogP contribution < -0.4 is 0 Å². The molecule has 0 amide bonds. The van der Waals surface area contributed by atoms with Crippen molar-refractivity contribution in [3.05, 3.63) is 24.0 Å². The zero-order chi connectivity index (χ0) is 16.5. The molecular formula is C19H27NO4. The van der Waals surface area contributed by atoms with Gasteiger partial charge in [0.2, 0.25) is 5.79 Å². The van der Waals surface area contributed by atoms with Gasteiger partial charge >= 0.3 is 0 Å². The lowest BCUT2D eigenvalue weighted by Gasteiger charge is -2.60. The van der Waals surface area contributed by atoms with Gasteiger partial charge in [-0.2, -0.15) is 0 Å². The summed E-state index contributed by atoms with van der Waals surface area (Å²) in [6.07, 6.45) is 5.93. The summed E-state index contributed by atoms with van der Waals surface area (Å²) in [7, 11) is 0. The van der Waals surface area contributed by atoms with Crippen molar-refractivity contribution in [1.29, 1.82) is 0 Å². The van der Waals surface area contributed by atoms with Gasteiger partial charge in [-0.1, -0.05) is 13.8 Å². The summed E-state index contributed by atoms with van der Waals surface area (Å²) in [5.74, 6) is 1.07. The molecule has 132 valence electrons. The van der Waals surface area contributed by atoms with Gasteiger partial charge in [-0.15, -0.1) is 0 Å². The molecule has 5 heteroatoms. The van der Waals surface area contributed by atoms with Crippen molar-refractivity contribution in [3.63, 3.8) is 0 Å². The van der Waals surface area contributed by atoms with Crippen molar-refractivity contribution < 1.29 is 19.2 Å². The highest BCUT2D eigenvalue weighted by Crippen LogP contribution is 2.62. The molecule has 0 radical (unpaired) electrons. The molecule has 2 bridgehead atoms. The van der Waals surface area contributed by atoms with E-state index in [0.717, 1.165) is 25.0 Å². The van der Waals surface area contributed by atoms with Crippen LogP contribution in [-0.4, -0.2) is 22.7 Å². The maximum Gasteiger partial charge on any atom is 0.201 e. The fourth-order valence-electron chi connectivity index (χ4n) is 5.78. The van der Waals surface area contributed by atoms with Crippen molar-refractivity contribution >= 4 is 0 Å². The molecule has 8 atom stereocenters. The van der Waals surface area contributed by atoms with Crippen LogP contribution in [0.4, 0.5) is 0 Å². The summed E-state index contributed by atoms with van der Waals surface area (Å²) in [5, 5.41) is 0. The fourth-order valence-corrected chi connectivity index (χ4v) is 5.78. The third-order valence-corrected chi connectivity index (χ3v) is 7.09. The largest absolute Gasteiger partial charge is 0.363 e. The Morgan fingerprint density at radius 1 is 1.12 bits per heavy atom. The lowest BCUT2D eigenvalue weighted by atomic mass is 9.57. The molecule has 1 spiro atoms. The van der Waals surface area contributed by atoms with E-state index in [1.807, 2.05) is 19.2 Å². The Hall–Kier alpha value is -0.880. The quantitative estimate of drug-likeness (QED) is 0.791. The van der Waals surface area contributed by atoms with Crippen molar-refractivity contribution in [2.45, 2.75) is 70.2 Å². The standard InChI is InChI=1S/C19H27NO4/c1-11-6-7-14-12(2)16(15-5-4-10-20-15)21-17-19(14)13(11)8-9-18(3,22-17)23-24-19/h4-5,10-14,16-17,20H,6-9H2,1-3H3/t11-,12-,13+,14+,16-,17-,18+,19-/m1/s1. The summed E-state index contributed by atoms with van der Waals surface area (Å²) < 4.78 is 12.9. The number of H-pyrrole nitrogens is 1. The van der Waals surface area contributed by atoms with Crippen molar-refractivity contribution in [1.82, 2.24) is 4.98 Å². The molecule has 1 saturated carbocycles. The molecule has 5 heterocycles. The minimum Gasteiger partial charge on any atom is -0.363 e. The molecule has 1 aromatic rings. The fraction of sp³-hybridized carbons (Fsp3) is 0.789. The average Bonchev–Trinajstić information content (AvgIpc) is 2.99. The smallest absolute Gasteiger partial charge is 0.201 e. The second-order valence-corrected chi connectivity index (χ2v) is 8.45. The first-order valence-corrected chi connectivity index (χ1v) is 9.37. The van der Waals surface area contributed by atoms with Crippen LogP contribution in [0, 0.1) is 23.7 Å². The number of aromatic nitrogens is 1. The summed E-state index contributed by atoms with van der Waals surface area (Å²) in [6.45, 7) is 6.61. The van der Waals surface area contributed by atoms with E-state index in [9.17, 15) is 0 Å². The SMILES string of the molecule is C[C@H]1[C@H](c2ccc[nH]2)O[C@@H]2O[C@]3(C)CC[C@H]4[C@H](C)CC[C@@H]1[C@@]24OO3. The van der Waals surface area contributed by atoms with E-state index in [2.05, 4.69) is 24.9 Å². The molecule has 6 rings (SSSR count). The van der Waals surface area contributed by atoms with E-state index in [1.165, 1.54) is 6.42 Å². The van der Waals surface area contributed by atoms with Crippen LogP contribution in [-0.2, 0) is 19.2 Å². The predicted octanol–water partition coefficient (Wildman–Crippen LogP) is 3.94. The van der Waals surface area contributed by atoms with Gasteiger partial charge in [0.05, 0.1) is 0 Å². The Morgan fingerprint density at radius 2 is 2.00 bits per heavy atom. The molecule has 0 unspecified atom stereocenters. The van der Waals surface area contributed by atoms with Crippen molar-refractivity contribution in [2.75, 3.05) is 0 Å². The Morgan fingerprint density at radius 3 is 2.79 bits per heavy atom. The van der Waals surface area contributed by atoms with E-state index in [-0.39, 0.29) is 12.4 Å². The third-order valence-electron chi connectivity index (χ3n) is 7.09. The van der Waals surface area contributed by atoms with E-state index in [4.69, 9.17) is 19.2 Å². The Balaban J connectivity index is 1.60.